The summed E-state index contributed by atoms with van der Waals surface area (Å²) in [6.45, 7) is 9.61. The third-order valence-corrected chi connectivity index (χ3v) is 3.77. The number of nitrogens with one attached hydrogen (secondary N) is 2. The van der Waals surface area contributed by atoms with Crippen LogP contribution < -0.4 is 10.6 Å². The molecule has 2 fully saturated rings. The summed E-state index contributed by atoms with van der Waals surface area (Å²) >= 11 is 0. The minimum Gasteiger partial charge on any atom is -0.316 e. The second-order valence-corrected chi connectivity index (χ2v) is 5.03. The maximum Gasteiger partial charge on any atom is -0.000523 e. The Morgan fingerprint density at radius 1 is 1.08 bits per heavy atom. The van der Waals surface area contributed by atoms with Crippen molar-refractivity contribution in [1.82, 2.24) is 10.6 Å². The fourth-order valence-electron chi connectivity index (χ4n) is 2.28. The summed E-state index contributed by atoms with van der Waals surface area (Å²) in [5.74, 6) is 3.72. The normalized spacial score (nSPS) is 43.8. The van der Waals surface area contributed by atoms with Gasteiger partial charge in [0, 0.05) is 0 Å². The second-order valence-electron chi connectivity index (χ2n) is 5.03. The van der Waals surface area contributed by atoms with Crippen molar-refractivity contribution in [3.8, 4) is 0 Å². The average Bonchev–Trinajstić information content (AvgIpc) is 2.63. The highest BCUT2D eigenvalue weighted by Crippen LogP contribution is 2.36. The summed E-state index contributed by atoms with van der Waals surface area (Å²) in [6, 6.07) is 0. The lowest BCUT2D eigenvalue weighted by Gasteiger charge is -2.14. The molecule has 0 aromatic carbocycles. The van der Waals surface area contributed by atoms with Gasteiger partial charge in [-0.2, -0.15) is 0 Å². The van der Waals surface area contributed by atoms with Crippen molar-refractivity contribution in [2.24, 2.45) is 23.7 Å². The fraction of sp³-hybridized carbons (Fsp3) is 1.00. The molecule has 4 atom stereocenters. The van der Waals surface area contributed by atoms with Crippen LogP contribution in [0.15, 0.2) is 0 Å². The van der Waals surface area contributed by atoms with E-state index in [0.717, 1.165) is 23.7 Å². The van der Waals surface area contributed by atoms with Crippen LogP contribution >= 0.6 is 0 Å². The number of hydrogen-bond donors (Lipinski definition) is 2. The zero-order valence-electron chi connectivity index (χ0n) is 8.84. The van der Waals surface area contributed by atoms with E-state index in [1.165, 1.54) is 32.6 Å². The molecule has 0 radical (unpaired) electrons. The van der Waals surface area contributed by atoms with Crippen molar-refractivity contribution in [3.63, 3.8) is 0 Å². The highest BCUT2D eigenvalue weighted by molar-refractivity contribution is 4.85. The molecule has 0 bridgehead atoms. The summed E-state index contributed by atoms with van der Waals surface area (Å²) in [5.41, 5.74) is 0. The smallest absolute Gasteiger partial charge is 0.000523 e. The van der Waals surface area contributed by atoms with Crippen LogP contribution in [0.5, 0.6) is 0 Å². The Bertz CT molecular complexity index is 169. The first kappa shape index (κ1) is 9.47. The minimum atomic E-state index is 0.865. The predicted molar refractivity (Wildman–Crippen MR) is 55.7 cm³/mol. The van der Waals surface area contributed by atoms with Crippen LogP contribution in [0, 0.1) is 23.7 Å². The lowest BCUT2D eigenvalue weighted by atomic mass is 9.98. The molecule has 1 heterocycles. The molecule has 2 aliphatic rings. The van der Waals surface area contributed by atoms with Crippen molar-refractivity contribution < 1.29 is 0 Å². The van der Waals surface area contributed by atoms with Gasteiger partial charge in [0.1, 0.15) is 0 Å². The maximum atomic E-state index is 3.61. The summed E-state index contributed by atoms with van der Waals surface area (Å²) in [5, 5.41) is 7.05. The Balaban J connectivity index is 1.57. The largest absolute Gasteiger partial charge is 0.316 e. The van der Waals surface area contributed by atoms with Gasteiger partial charge in [-0.05, 0) is 56.3 Å². The minimum absolute atomic E-state index is 0.865. The summed E-state index contributed by atoms with van der Waals surface area (Å²) in [4.78, 5) is 0. The molecule has 0 aromatic rings. The van der Waals surface area contributed by atoms with Crippen molar-refractivity contribution in [3.05, 3.63) is 0 Å². The lowest BCUT2D eigenvalue weighted by molar-refractivity contribution is 0.415. The van der Waals surface area contributed by atoms with Gasteiger partial charge in [0.2, 0.25) is 0 Å². The molecule has 76 valence electrons. The van der Waals surface area contributed by atoms with Crippen LogP contribution in [-0.2, 0) is 0 Å². The number of hydrogen-bond acceptors (Lipinski definition) is 2. The van der Waals surface area contributed by atoms with E-state index in [-0.39, 0.29) is 0 Å². The van der Waals surface area contributed by atoms with E-state index in [9.17, 15) is 0 Å². The molecular weight excluding hydrogens is 160 g/mol. The quantitative estimate of drug-likeness (QED) is 0.680. The topological polar surface area (TPSA) is 24.1 Å². The monoisotopic (exact) mass is 182 g/mol. The van der Waals surface area contributed by atoms with Gasteiger partial charge < -0.3 is 10.6 Å². The lowest BCUT2D eigenvalue weighted by Crippen LogP contribution is -2.28. The van der Waals surface area contributed by atoms with E-state index in [1.807, 2.05) is 0 Å². The first-order chi connectivity index (χ1) is 6.27. The van der Waals surface area contributed by atoms with Crippen LogP contribution in [0.4, 0.5) is 0 Å². The Morgan fingerprint density at radius 3 is 2.31 bits per heavy atom. The molecule has 2 N–H and O–H groups in total. The molecule has 2 rings (SSSR count). The van der Waals surface area contributed by atoms with Crippen LogP contribution in [0.2, 0.25) is 0 Å². The molecule has 0 aromatic heterocycles. The molecule has 2 unspecified atom stereocenters. The SMILES string of the molecule is CC1CC1CNC[C@@H]1CNC[C@H]1C. The summed E-state index contributed by atoms with van der Waals surface area (Å²) in [7, 11) is 0. The molecule has 1 aliphatic heterocycles. The van der Waals surface area contributed by atoms with E-state index in [2.05, 4.69) is 24.5 Å². The zero-order chi connectivity index (χ0) is 9.26. The standard InChI is InChI=1S/C11H22N2/c1-8-3-10(8)5-13-7-11-6-12-4-9(11)2/h8-13H,3-7H2,1-2H3/t8?,9-,10?,11+/m1/s1. The van der Waals surface area contributed by atoms with Gasteiger partial charge in [0.05, 0.1) is 0 Å². The van der Waals surface area contributed by atoms with Crippen molar-refractivity contribution in [1.29, 1.82) is 0 Å². The molecule has 0 amide bonds. The number of rotatable bonds is 4. The molecule has 1 aliphatic carbocycles. The van der Waals surface area contributed by atoms with Gasteiger partial charge in [-0.1, -0.05) is 13.8 Å². The Hall–Kier alpha value is -0.0800. The summed E-state index contributed by atoms with van der Waals surface area (Å²) < 4.78 is 0. The second kappa shape index (κ2) is 3.97. The van der Waals surface area contributed by atoms with Gasteiger partial charge in [0.25, 0.3) is 0 Å². The van der Waals surface area contributed by atoms with Gasteiger partial charge in [-0.25, -0.2) is 0 Å². The molecule has 1 saturated heterocycles. The van der Waals surface area contributed by atoms with E-state index in [4.69, 9.17) is 0 Å². The predicted octanol–water partition coefficient (Wildman–Crippen LogP) is 1.09. The summed E-state index contributed by atoms with van der Waals surface area (Å²) in [6.07, 6.45) is 1.45. The van der Waals surface area contributed by atoms with Crippen LogP contribution in [0.3, 0.4) is 0 Å². The maximum absolute atomic E-state index is 3.61. The van der Waals surface area contributed by atoms with Gasteiger partial charge in [-0.3, -0.25) is 0 Å². The van der Waals surface area contributed by atoms with E-state index < -0.39 is 0 Å². The average molecular weight is 182 g/mol. The Morgan fingerprint density at radius 2 is 1.77 bits per heavy atom. The third kappa shape index (κ3) is 2.44. The Kier molecular flexibility index (Phi) is 2.89. The fourth-order valence-corrected chi connectivity index (χ4v) is 2.28. The van der Waals surface area contributed by atoms with E-state index in [0.29, 0.717) is 0 Å². The molecule has 2 heteroatoms. The first-order valence-electron chi connectivity index (χ1n) is 5.69. The van der Waals surface area contributed by atoms with Gasteiger partial charge >= 0.3 is 0 Å². The van der Waals surface area contributed by atoms with Crippen LogP contribution in [0.25, 0.3) is 0 Å². The molecular formula is C11H22N2. The van der Waals surface area contributed by atoms with Gasteiger partial charge in [0.15, 0.2) is 0 Å². The van der Waals surface area contributed by atoms with Crippen molar-refractivity contribution >= 4 is 0 Å². The molecule has 13 heavy (non-hydrogen) atoms. The van der Waals surface area contributed by atoms with Crippen molar-refractivity contribution in [2.75, 3.05) is 26.2 Å². The van der Waals surface area contributed by atoms with Crippen LogP contribution in [-0.4, -0.2) is 26.2 Å². The zero-order valence-corrected chi connectivity index (χ0v) is 8.84. The highest BCUT2D eigenvalue weighted by Gasteiger charge is 2.32. The molecule has 1 saturated carbocycles. The molecule has 2 nitrogen and oxygen atoms in total. The molecule has 0 spiro atoms. The van der Waals surface area contributed by atoms with E-state index >= 15 is 0 Å². The van der Waals surface area contributed by atoms with Crippen LogP contribution in [0.1, 0.15) is 20.3 Å². The first-order valence-corrected chi connectivity index (χ1v) is 5.69. The van der Waals surface area contributed by atoms with Crippen molar-refractivity contribution in [2.45, 2.75) is 20.3 Å². The Labute approximate surface area is 81.5 Å². The van der Waals surface area contributed by atoms with E-state index in [1.54, 1.807) is 0 Å². The van der Waals surface area contributed by atoms with Gasteiger partial charge in [-0.15, -0.1) is 0 Å². The third-order valence-electron chi connectivity index (χ3n) is 3.77. The highest BCUT2D eigenvalue weighted by atomic mass is 15.0.